The quantitative estimate of drug-likeness (QED) is 0.654. The maximum atomic E-state index is 11.4. The van der Waals surface area contributed by atoms with Crippen LogP contribution >= 0.6 is 23.2 Å². The van der Waals surface area contributed by atoms with Crippen LogP contribution in [-0.4, -0.2) is 34.5 Å². The van der Waals surface area contributed by atoms with Gasteiger partial charge in [0.25, 0.3) is 5.91 Å². The van der Waals surface area contributed by atoms with Gasteiger partial charge in [0.1, 0.15) is 11.5 Å². The summed E-state index contributed by atoms with van der Waals surface area (Å²) in [6.45, 7) is 0. The summed E-state index contributed by atoms with van der Waals surface area (Å²) >= 11 is 11.8. The molecule has 3 rings (SSSR count). The Kier molecular flexibility index (Phi) is 4.08. The second-order valence-corrected chi connectivity index (χ2v) is 5.40. The van der Waals surface area contributed by atoms with E-state index >= 15 is 0 Å². The third-order valence-electron chi connectivity index (χ3n) is 3.04. The van der Waals surface area contributed by atoms with E-state index in [2.05, 4.69) is 5.10 Å². The Labute approximate surface area is 140 Å². The molecule has 1 fully saturated rings. The third kappa shape index (κ3) is 3.07. The van der Waals surface area contributed by atoms with Crippen molar-refractivity contribution in [1.29, 1.82) is 0 Å². The van der Waals surface area contributed by atoms with Crippen molar-refractivity contribution >= 4 is 41.4 Å². The Hall–Kier alpha value is -2.35. The fourth-order valence-corrected chi connectivity index (χ4v) is 2.21. The fraction of sp³-hybridized carbons (Fsp3) is 0.0714. The second kappa shape index (κ2) is 6.04. The molecule has 0 saturated carbocycles. The first-order valence-electron chi connectivity index (χ1n) is 6.37. The highest BCUT2D eigenvalue weighted by molar-refractivity contribution is 6.42. The van der Waals surface area contributed by atoms with E-state index in [1.807, 2.05) is 5.32 Å². The molecular weight excluding hydrogens is 345 g/mol. The number of imide groups is 1. The standard InChI is InChI=1S/C14H9Cl2N3O4/c15-9-3-1-7(5-10(9)16)11-4-2-8(23-11)6-17-19-13(21)12(20)18-14(19)22/h1-6,13,21H,(H,18,20,22)/b17-6+. The molecule has 3 amide bonds. The van der Waals surface area contributed by atoms with E-state index in [1.165, 1.54) is 6.21 Å². The van der Waals surface area contributed by atoms with Crippen LogP contribution in [0.2, 0.25) is 10.0 Å². The van der Waals surface area contributed by atoms with Crippen LogP contribution in [0.15, 0.2) is 39.9 Å². The van der Waals surface area contributed by atoms with Crippen molar-refractivity contribution in [2.75, 3.05) is 0 Å². The molecule has 7 nitrogen and oxygen atoms in total. The van der Waals surface area contributed by atoms with Crippen LogP contribution in [0.3, 0.4) is 0 Å². The van der Waals surface area contributed by atoms with E-state index in [-0.39, 0.29) is 0 Å². The van der Waals surface area contributed by atoms with Gasteiger partial charge in [-0.3, -0.25) is 10.1 Å². The largest absolute Gasteiger partial charge is 0.455 e. The molecule has 2 aromatic rings. The number of aliphatic hydroxyl groups is 1. The predicted molar refractivity (Wildman–Crippen MR) is 83.1 cm³/mol. The zero-order valence-electron chi connectivity index (χ0n) is 11.4. The summed E-state index contributed by atoms with van der Waals surface area (Å²) in [5, 5.41) is 16.6. The van der Waals surface area contributed by atoms with Gasteiger partial charge >= 0.3 is 6.03 Å². The number of rotatable bonds is 3. The third-order valence-corrected chi connectivity index (χ3v) is 3.78. The van der Waals surface area contributed by atoms with Crippen molar-refractivity contribution in [3.8, 4) is 11.3 Å². The lowest BCUT2D eigenvalue weighted by Gasteiger charge is -2.08. The van der Waals surface area contributed by atoms with E-state index < -0.39 is 18.2 Å². The zero-order valence-corrected chi connectivity index (χ0v) is 12.9. The van der Waals surface area contributed by atoms with E-state index in [0.29, 0.717) is 32.1 Å². The molecule has 1 saturated heterocycles. The maximum Gasteiger partial charge on any atom is 0.347 e. The van der Waals surface area contributed by atoms with Crippen molar-refractivity contribution in [3.63, 3.8) is 0 Å². The van der Waals surface area contributed by atoms with Crippen molar-refractivity contribution in [2.24, 2.45) is 5.10 Å². The van der Waals surface area contributed by atoms with Crippen molar-refractivity contribution in [2.45, 2.75) is 6.23 Å². The van der Waals surface area contributed by atoms with Gasteiger partial charge in [0.05, 0.1) is 16.3 Å². The number of hydrazone groups is 1. The molecule has 0 radical (unpaired) electrons. The number of furan rings is 1. The Bertz CT molecular complexity index is 818. The lowest BCUT2D eigenvalue weighted by Crippen LogP contribution is -2.30. The molecule has 118 valence electrons. The predicted octanol–water partition coefficient (Wildman–Crippen LogP) is 2.46. The number of urea groups is 1. The number of nitrogens with zero attached hydrogens (tertiary/aromatic N) is 2. The number of nitrogens with one attached hydrogen (secondary N) is 1. The number of benzene rings is 1. The van der Waals surface area contributed by atoms with Gasteiger partial charge in [0.15, 0.2) is 0 Å². The van der Waals surface area contributed by atoms with Crippen LogP contribution in [0, 0.1) is 0 Å². The molecule has 1 aliphatic heterocycles. The Morgan fingerprint density at radius 1 is 1.22 bits per heavy atom. The molecule has 0 bridgehead atoms. The number of carbonyl (C=O) groups excluding carboxylic acids is 2. The van der Waals surface area contributed by atoms with Gasteiger partial charge in [-0.1, -0.05) is 23.2 Å². The SMILES string of the molecule is O=C1NC(=O)N(/N=C/c2ccc(-c3ccc(Cl)c(Cl)c3)o2)C1O. The number of hydrogen-bond acceptors (Lipinski definition) is 5. The number of aliphatic hydroxyl groups excluding tert-OH is 1. The summed E-state index contributed by atoms with van der Waals surface area (Å²) in [7, 11) is 0. The Morgan fingerprint density at radius 2 is 2.00 bits per heavy atom. The second-order valence-electron chi connectivity index (χ2n) is 4.59. The van der Waals surface area contributed by atoms with Crippen LogP contribution in [0.1, 0.15) is 5.76 Å². The van der Waals surface area contributed by atoms with Gasteiger partial charge in [-0.2, -0.15) is 10.1 Å². The highest BCUT2D eigenvalue weighted by atomic mass is 35.5. The topological polar surface area (TPSA) is 95.1 Å². The molecule has 23 heavy (non-hydrogen) atoms. The van der Waals surface area contributed by atoms with Crippen LogP contribution in [-0.2, 0) is 4.79 Å². The zero-order chi connectivity index (χ0) is 16.6. The average molecular weight is 354 g/mol. The fourth-order valence-electron chi connectivity index (χ4n) is 1.91. The number of hydrogen-bond donors (Lipinski definition) is 2. The molecular formula is C14H9Cl2N3O4. The minimum absolute atomic E-state index is 0.324. The van der Waals surface area contributed by atoms with Crippen LogP contribution in [0.5, 0.6) is 0 Å². The maximum absolute atomic E-state index is 11.4. The van der Waals surface area contributed by atoms with Gasteiger partial charge in [-0.05, 0) is 30.3 Å². The van der Waals surface area contributed by atoms with Gasteiger partial charge in [-0.15, -0.1) is 0 Å². The molecule has 0 aliphatic carbocycles. The van der Waals surface area contributed by atoms with E-state index in [1.54, 1.807) is 30.3 Å². The summed E-state index contributed by atoms with van der Waals surface area (Å²) in [6.07, 6.45) is -0.439. The average Bonchev–Trinajstić information content (AvgIpc) is 3.07. The highest BCUT2D eigenvalue weighted by Gasteiger charge is 2.37. The number of halogens is 2. The van der Waals surface area contributed by atoms with Crippen molar-refractivity contribution < 1.29 is 19.1 Å². The normalized spacial score (nSPS) is 18.0. The van der Waals surface area contributed by atoms with Crippen molar-refractivity contribution in [1.82, 2.24) is 10.3 Å². The van der Waals surface area contributed by atoms with E-state index in [9.17, 15) is 14.7 Å². The lowest BCUT2D eigenvalue weighted by molar-refractivity contribution is -0.130. The van der Waals surface area contributed by atoms with Gasteiger partial charge < -0.3 is 9.52 Å². The molecule has 2 N–H and O–H groups in total. The van der Waals surface area contributed by atoms with Crippen LogP contribution < -0.4 is 5.32 Å². The molecule has 1 aromatic heterocycles. The monoisotopic (exact) mass is 353 g/mol. The molecule has 1 aliphatic rings. The molecule has 1 unspecified atom stereocenters. The summed E-state index contributed by atoms with van der Waals surface area (Å²) in [5.74, 6) is 0.0148. The van der Waals surface area contributed by atoms with Crippen molar-refractivity contribution in [3.05, 3.63) is 46.1 Å². The first kappa shape index (κ1) is 15.5. The van der Waals surface area contributed by atoms with Gasteiger partial charge in [-0.25, -0.2) is 4.79 Å². The van der Waals surface area contributed by atoms with Crippen LogP contribution in [0.25, 0.3) is 11.3 Å². The minimum atomic E-state index is -1.65. The van der Waals surface area contributed by atoms with Gasteiger partial charge in [0.2, 0.25) is 6.23 Å². The van der Waals surface area contributed by atoms with E-state index in [4.69, 9.17) is 27.6 Å². The first-order valence-corrected chi connectivity index (χ1v) is 7.12. The Balaban J connectivity index is 1.79. The lowest BCUT2D eigenvalue weighted by atomic mass is 10.2. The molecule has 9 heteroatoms. The molecule has 1 atom stereocenters. The summed E-state index contributed by atoms with van der Waals surface area (Å²) in [6, 6.07) is 7.53. The smallest absolute Gasteiger partial charge is 0.347 e. The van der Waals surface area contributed by atoms with E-state index in [0.717, 1.165) is 0 Å². The summed E-state index contributed by atoms with van der Waals surface area (Å²) in [4.78, 5) is 22.5. The minimum Gasteiger partial charge on any atom is -0.455 e. The molecule has 2 heterocycles. The number of amides is 3. The van der Waals surface area contributed by atoms with Crippen LogP contribution in [0.4, 0.5) is 4.79 Å². The first-order chi connectivity index (χ1) is 11.0. The Morgan fingerprint density at radius 3 is 2.65 bits per heavy atom. The van der Waals surface area contributed by atoms with Gasteiger partial charge in [0, 0.05) is 5.56 Å². The number of carbonyl (C=O) groups is 2. The molecule has 1 aromatic carbocycles. The highest BCUT2D eigenvalue weighted by Crippen LogP contribution is 2.29. The summed E-state index contributed by atoms with van der Waals surface area (Å²) < 4.78 is 5.55. The molecule has 0 spiro atoms. The summed E-state index contributed by atoms with van der Waals surface area (Å²) in [5.41, 5.74) is 0.716.